The van der Waals surface area contributed by atoms with Gasteiger partial charge >= 0.3 is 5.97 Å². The summed E-state index contributed by atoms with van der Waals surface area (Å²) in [7, 11) is 0. The largest absolute Gasteiger partial charge is 0.465 e. The maximum atomic E-state index is 14.6. The molecule has 1 aromatic carbocycles. The maximum absolute atomic E-state index is 14.6. The Morgan fingerprint density at radius 3 is 2.67 bits per heavy atom. The molecule has 3 heterocycles. The molecule has 8 nitrogen and oxygen atoms in total. The molecule has 6 atom stereocenters. The van der Waals surface area contributed by atoms with Gasteiger partial charge in [0, 0.05) is 25.4 Å². The number of hydrogen-bond acceptors (Lipinski definition) is 6. The molecular formula is C31H42N2O6. The van der Waals surface area contributed by atoms with Gasteiger partial charge in [-0.05, 0) is 69.6 Å². The smallest absolute Gasteiger partial charge is 0.312 e. The number of likely N-dealkylation sites (tertiary alicyclic amines) is 1. The number of aryl methyl sites for hydroxylation is 2. The third kappa shape index (κ3) is 4.72. The number of rotatable bonds is 12. The van der Waals surface area contributed by atoms with Gasteiger partial charge in [0.25, 0.3) is 5.91 Å². The summed E-state index contributed by atoms with van der Waals surface area (Å²) < 4.78 is 12.4. The van der Waals surface area contributed by atoms with Crippen molar-refractivity contribution in [3.8, 4) is 0 Å². The summed E-state index contributed by atoms with van der Waals surface area (Å²) in [6, 6.07) is 5.03. The molecule has 0 radical (unpaired) electrons. The quantitative estimate of drug-likeness (QED) is 0.248. The van der Waals surface area contributed by atoms with E-state index in [0.29, 0.717) is 25.7 Å². The Morgan fingerprint density at radius 2 is 2.00 bits per heavy atom. The van der Waals surface area contributed by atoms with Crippen LogP contribution in [-0.2, 0) is 23.9 Å². The number of anilines is 1. The predicted molar refractivity (Wildman–Crippen MR) is 149 cm³/mol. The van der Waals surface area contributed by atoms with Gasteiger partial charge in [0.05, 0.1) is 18.1 Å². The van der Waals surface area contributed by atoms with Gasteiger partial charge in [0.1, 0.15) is 17.6 Å². The van der Waals surface area contributed by atoms with Crippen LogP contribution in [-0.4, -0.2) is 71.3 Å². The van der Waals surface area contributed by atoms with E-state index in [-0.39, 0.29) is 44.0 Å². The first kappa shape index (κ1) is 29.0. The van der Waals surface area contributed by atoms with Crippen molar-refractivity contribution in [1.82, 2.24) is 4.90 Å². The Balaban J connectivity index is 1.80. The number of benzene rings is 1. The first-order valence-corrected chi connectivity index (χ1v) is 14.0. The van der Waals surface area contributed by atoms with Crippen molar-refractivity contribution >= 4 is 23.5 Å². The predicted octanol–water partition coefficient (Wildman–Crippen LogP) is 3.72. The van der Waals surface area contributed by atoms with Crippen LogP contribution in [0.3, 0.4) is 0 Å². The van der Waals surface area contributed by atoms with Gasteiger partial charge in [-0.25, -0.2) is 0 Å². The highest BCUT2D eigenvalue weighted by Crippen LogP contribution is 2.65. The molecule has 1 spiro atoms. The molecule has 3 unspecified atom stereocenters. The van der Waals surface area contributed by atoms with Crippen LogP contribution >= 0.6 is 0 Å². The van der Waals surface area contributed by atoms with Crippen LogP contribution in [0.4, 0.5) is 5.69 Å². The number of carbonyl (C=O) groups excluding carboxylic acids is 3. The molecule has 4 rings (SSSR count). The van der Waals surface area contributed by atoms with Crippen LogP contribution in [0.5, 0.6) is 0 Å². The van der Waals surface area contributed by atoms with E-state index in [0.717, 1.165) is 16.8 Å². The molecule has 3 saturated heterocycles. The monoisotopic (exact) mass is 538 g/mol. The number of fused-ring (bicyclic) bond motifs is 1. The zero-order chi connectivity index (χ0) is 28.5. The lowest BCUT2D eigenvalue weighted by Gasteiger charge is -2.37. The second kappa shape index (κ2) is 11.3. The highest BCUT2D eigenvalue weighted by molar-refractivity contribution is 6.05. The van der Waals surface area contributed by atoms with Crippen LogP contribution in [0, 0.1) is 31.6 Å². The van der Waals surface area contributed by atoms with Crippen molar-refractivity contribution in [2.45, 2.75) is 70.6 Å². The zero-order valence-corrected chi connectivity index (χ0v) is 23.7. The van der Waals surface area contributed by atoms with Gasteiger partial charge in [0.15, 0.2) is 0 Å². The van der Waals surface area contributed by atoms with Crippen molar-refractivity contribution in [3.63, 3.8) is 0 Å². The number of aliphatic hydroxyl groups is 1. The summed E-state index contributed by atoms with van der Waals surface area (Å²) in [6.07, 6.45) is 5.38. The summed E-state index contributed by atoms with van der Waals surface area (Å²) in [5.41, 5.74) is 0.624. The van der Waals surface area contributed by atoms with Crippen molar-refractivity contribution in [1.29, 1.82) is 0 Å². The van der Waals surface area contributed by atoms with Gasteiger partial charge < -0.3 is 24.4 Å². The second-order valence-corrected chi connectivity index (χ2v) is 11.4. The summed E-state index contributed by atoms with van der Waals surface area (Å²) in [6.45, 7) is 16.1. The van der Waals surface area contributed by atoms with E-state index >= 15 is 0 Å². The topological polar surface area (TPSA) is 96.4 Å². The summed E-state index contributed by atoms with van der Waals surface area (Å²) in [5, 5.41) is 9.41. The average Bonchev–Trinajstić information content (AvgIpc) is 3.41. The van der Waals surface area contributed by atoms with E-state index in [9.17, 15) is 19.5 Å². The van der Waals surface area contributed by atoms with Crippen LogP contribution in [0.1, 0.15) is 50.7 Å². The van der Waals surface area contributed by atoms with Crippen LogP contribution in [0.15, 0.2) is 43.5 Å². The highest BCUT2D eigenvalue weighted by Gasteiger charge is 2.80. The molecule has 0 aromatic heterocycles. The molecule has 2 amide bonds. The third-order valence-electron chi connectivity index (χ3n) is 8.91. The fraction of sp³-hybridized carbons (Fsp3) is 0.581. The van der Waals surface area contributed by atoms with Crippen molar-refractivity contribution < 1.29 is 29.0 Å². The molecule has 212 valence electrons. The lowest BCUT2D eigenvalue weighted by molar-refractivity contribution is -0.161. The van der Waals surface area contributed by atoms with E-state index in [1.54, 1.807) is 22.0 Å². The molecule has 1 aromatic rings. The van der Waals surface area contributed by atoms with Gasteiger partial charge in [-0.1, -0.05) is 31.2 Å². The molecule has 3 fully saturated rings. The fourth-order valence-corrected chi connectivity index (χ4v) is 6.94. The third-order valence-corrected chi connectivity index (χ3v) is 8.91. The molecule has 0 aliphatic carbocycles. The minimum atomic E-state index is -1.15. The molecule has 2 bridgehead atoms. The number of esters is 1. The number of ether oxygens (including phenoxy) is 2. The number of nitrogens with zero attached hydrogens (tertiary/aromatic N) is 2. The van der Waals surface area contributed by atoms with Gasteiger partial charge in [-0.15, -0.1) is 13.2 Å². The minimum absolute atomic E-state index is 0.00977. The Morgan fingerprint density at radius 1 is 1.26 bits per heavy atom. The van der Waals surface area contributed by atoms with E-state index in [1.165, 1.54) is 0 Å². The average molecular weight is 539 g/mol. The normalized spacial score (nSPS) is 30.8. The Bertz CT molecular complexity index is 1150. The van der Waals surface area contributed by atoms with E-state index in [2.05, 4.69) is 13.2 Å². The molecule has 39 heavy (non-hydrogen) atoms. The van der Waals surface area contributed by atoms with E-state index in [1.807, 2.05) is 45.9 Å². The number of hydrogen-bond donors (Lipinski definition) is 1. The van der Waals surface area contributed by atoms with Gasteiger partial charge in [0.2, 0.25) is 5.91 Å². The number of carbonyl (C=O) groups is 3. The van der Waals surface area contributed by atoms with Crippen LogP contribution in [0.2, 0.25) is 0 Å². The SMILES string of the molecule is C=CCCOC(=O)[C@@H]1[C@H]2C(=O)N(CCCCO)C(C(=O)N(CC=C)c3cc(C)ccc3C)C23CC(C)[C@@]1(C)O3. The molecule has 3 aliphatic rings. The van der Waals surface area contributed by atoms with Crippen LogP contribution in [0.25, 0.3) is 0 Å². The standard InChI is InChI=1S/C31H42N2O6/c1-7-9-17-38-29(37)25-24-27(35)33(15-10-11-16-34)26(31(24)19-22(5)30(25,6)39-31)28(36)32(14-8-2)23-18-20(3)12-13-21(23)4/h7-8,12-13,18,22,24-26,34H,1-2,9-11,14-17,19H2,3-6H3/t22?,24-,25-,26?,30+,31?/m0/s1. The van der Waals surface area contributed by atoms with Crippen molar-refractivity contribution in [3.05, 3.63) is 54.6 Å². The summed E-state index contributed by atoms with van der Waals surface area (Å²) >= 11 is 0. The molecule has 8 heteroatoms. The lowest BCUT2D eigenvalue weighted by atomic mass is 9.62. The van der Waals surface area contributed by atoms with E-state index in [4.69, 9.17) is 9.47 Å². The summed E-state index contributed by atoms with van der Waals surface area (Å²) in [5.74, 6) is -2.67. The maximum Gasteiger partial charge on any atom is 0.312 e. The van der Waals surface area contributed by atoms with Crippen molar-refractivity contribution in [2.75, 3.05) is 31.2 Å². The first-order chi connectivity index (χ1) is 18.6. The van der Waals surface area contributed by atoms with Crippen molar-refractivity contribution in [2.24, 2.45) is 17.8 Å². The summed E-state index contributed by atoms with van der Waals surface area (Å²) in [4.78, 5) is 45.6. The number of aliphatic hydroxyl groups excluding tert-OH is 1. The Kier molecular flexibility index (Phi) is 8.38. The Labute approximate surface area is 231 Å². The number of amides is 2. The first-order valence-electron chi connectivity index (χ1n) is 14.0. The number of unbranched alkanes of at least 4 members (excludes halogenated alkanes) is 1. The van der Waals surface area contributed by atoms with E-state index < -0.39 is 35.0 Å². The lowest BCUT2D eigenvalue weighted by Crippen LogP contribution is -2.57. The molecule has 0 saturated carbocycles. The Hall–Kier alpha value is -2.97. The zero-order valence-electron chi connectivity index (χ0n) is 23.7. The van der Waals surface area contributed by atoms with Gasteiger partial charge in [-0.2, -0.15) is 0 Å². The molecule has 3 aliphatic heterocycles. The molecule has 1 N–H and O–H groups in total. The fourth-order valence-electron chi connectivity index (χ4n) is 6.94. The minimum Gasteiger partial charge on any atom is -0.465 e. The van der Waals surface area contributed by atoms with Crippen LogP contribution < -0.4 is 4.90 Å². The van der Waals surface area contributed by atoms with Gasteiger partial charge in [-0.3, -0.25) is 14.4 Å². The molecular weight excluding hydrogens is 496 g/mol. The second-order valence-electron chi connectivity index (χ2n) is 11.4. The highest BCUT2D eigenvalue weighted by atomic mass is 16.6.